The van der Waals surface area contributed by atoms with E-state index in [0.717, 1.165) is 0 Å². The maximum absolute atomic E-state index is 12.4. The second-order valence-corrected chi connectivity index (χ2v) is 8.73. The van der Waals surface area contributed by atoms with Gasteiger partial charge in [0.05, 0.1) is 23.4 Å². The lowest BCUT2D eigenvalue weighted by atomic mass is 10.1. The molecule has 0 saturated heterocycles. The molecule has 2 N–H and O–H groups in total. The first-order valence-electron chi connectivity index (χ1n) is 9.77. The van der Waals surface area contributed by atoms with Crippen molar-refractivity contribution in [3.63, 3.8) is 0 Å². The van der Waals surface area contributed by atoms with Gasteiger partial charge in [0.2, 0.25) is 16.1 Å². The minimum absolute atomic E-state index is 0.0566. The highest BCUT2D eigenvalue weighted by atomic mass is 32.2. The van der Waals surface area contributed by atoms with Crippen LogP contribution in [0.1, 0.15) is 18.2 Å². The van der Waals surface area contributed by atoms with Gasteiger partial charge in [-0.1, -0.05) is 24.3 Å². The Hall–Kier alpha value is -3.63. The molecule has 0 radical (unpaired) electrons. The number of hydrogen-bond donors (Lipinski definition) is 2. The minimum atomic E-state index is -3.69. The van der Waals surface area contributed by atoms with Crippen molar-refractivity contribution in [2.24, 2.45) is 5.10 Å². The largest absolute Gasteiger partial charge is 0.485 e. The molecule has 1 atom stereocenters. The van der Waals surface area contributed by atoms with E-state index >= 15 is 0 Å². The number of carbonyl (C=O) groups is 1. The van der Waals surface area contributed by atoms with Crippen LogP contribution < -0.4 is 19.6 Å². The maximum Gasteiger partial charge on any atom is 0.284 e. The summed E-state index contributed by atoms with van der Waals surface area (Å²) in [4.78, 5) is 12.5. The molecule has 4 rings (SSSR count). The first kappa shape index (κ1) is 21.6. The van der Waals surface area contributed by atoms with E-state index in [1.54, 1.807) is 49.4 Å². The minimum Gasteiger partial charge on any atom is -0.485 e. The third-order valence-electron chi connectivity index (χ3n) is 4.73. The van der Waals surface area contributed by atoms with E-state index in [1.165, 1.54) is 18.4 Å². The van der Waals surface area contributed by atoms with Crippen LogP contribution in [0, 0.1) is 0 Å². The van der Waals surface area contributed by atoms with Crippen LogP contribution in [0.15, 0.2) is 81.3 Å². The van der Waals surface area contributed by atoms with E-state index in [1.807, 2.05) is 6.07 Å². The number of nitrogens with one attached hydrogen (secondary N) is 2. The summed E-state index contributed by atoms with van der Waals surface area (Å²) < 4.78 is 43.6. The number of furan rings is 1. The highest BCUT2D eigenvalue weighted by Crippen LogP contribution is 2.30. The molecular formula is C22H21N3O6S. The number of ether oxygens (including phenoxy) is 2. The molecule has 3 aromatic rings. The molecule has 0 fully saturated rings. The van der Waals surface area contributed by atoms with Crippen molar-refractivity contribution in [1.29, 1.82) is 0 Å². The molecule has 32 heavy (non-hydrogen) atoms. The number of rotatable bonds is 7. The Morgan fingerprint density at radius 1 is 1.06 bits per heavy atom. The van der Waals surface area contributed by atoms with Gasteiger partial charge < -0.3 is 13.9 Å². The quantitative estimate of drug-likeness (QED) is 0.417. The number of amides is 1. The number of para-hydroxylation sites is 2. The molecule has 1 aromatic heterocycles. The van der Waals surface area contributed by atoms with Gasteiger partial charge in [0.15, 0.2) is 11.5 Å². The van der Waals surface area contributed by atoms with Crippen LogP contribution in [0.4, 0.5) is 0 Å². The van der Waals surface area contributed by atoms with Crippen molar-refractivity contribution in [2.75, 3.05) is 6.61 Å². The third kappa shape index (κ3) is 4.98. The van der Waals surface area contributed by atoms with Crippen molar-refractivity contribution in [1.82, 2.24) is 10.1 Å². The van der Waals surface area contributed by atoms with Gasteiger partial charge in [0.1, 0.15) is 12.4 Å². The summed E-state index contributed by atoms with van der Waals surface area (Å²) in [5, 5.41) is 4.09. The topological polar surface area (TPSA) is 119 Å². The van der Waals surface area contributed by atoms with Crippen LogP contribution >= 0.6 is 0 Å². The van der Waals surface area contributed by atoms with Gasteiger partial charge in [-0.15, -0.1) is 0 Å². The molecule has 2 heterocycles. The molecule has 1 aliphatic heterocycles. The second kappa shape index (κ2) is 9.25. The van der Waals surface area contributed by atoms with Gasteiger partial charge in [-0.25, -0.2) is 18.6 Å². The van der Waals surface area contributed by atoms with Crippen LogP contribution in [-0.2, 0) is 21.4 Å². The Bertz CT molecular complexity index is 1220. The molecule has 10 heteroatoms. The van der Waals surface area contributed by atoms with Gasteiger partial charge in [-0.3, -0.25) is 4.79 Å². The van der Waals surface area contributed by atoms with Crippen LogP contribution in [0.5, 0.6) is 11.5 Å². The molecule has 166 valence electrons. The molecular weight excluding hydrogens is 434 g/mol. The van der Waals surface area contributed by atoms with Crippen molar-refractivity contribution in [3.8, 4) is 11.5 Å². The first-order valence-corrected chi connectivity index (χ1v) is 11.3. The van der Waals surface area contributed by atoms with Gasteiger partial charge in [-0.2, -0.15) is 5.10 Å². The zero-order chi connectivity index (χ0) is 22.6. The Balaban J connectivity index is 1.36. The normalized spacial score (nSPS) is 15.9. The Labute approximate surface area is 185 Å². The fourth-order valence-electron chi connectivity index (χ4n) is 2.96. The number of nitrogens with zero attached hydrogens (tertiary/aromatic N) is 1. The standard InChI is InChI=1S/C22H21N3O6S/c1-15(24-25-22(26)21-14-30-19-6-2-3-7-20(19)31-21)16-8-10-18(11-9-16)32(27,28)23-13-17-5-4-12-29-17/h2-12,21,23H,13-14H2,1H3,(H,25,26)/b24-15+. The monoisotopic (exact) mass is 455 g/mol. The molecule has 0 spiro atoms. The SMILES string of the molecule is C/C(=N\NC(=O)C1COc2ccccc2O1)c1ccc(S(=O)(=O)NCc2ccco2)cc1. The highest BCUT2D eigenvalue weighted by Gasteiger charge is 2.27. The van der Waals surface area contributed by atoms with Crippen LogP contribution in [0.3, 0.4) is 0 Å². The number of sulfonamides is 1. The van der Waals surface area contributed by atoms with E-state index in [0.29, 0.717) is 28.5 Å². The lowest BCUT2D eigenvalue weighted by Gasteiger charge is -2.24. The summed E-state index contributed by atoms with van der Waals surface area (Å²) in [5.74, 6) is 1.15. The van der Waals surface area contributed by atoms with Crippen molar-refractivity contribution >= 4 is 21.6 Å². The molecule has 1 amide bonds. The maximum atomic E-state index is 12.4. The smallest absolute Gasteiger partial charge is 0.284 e. The first-order chi connectivity index (χ1) is 15.4. The fourth-order valence-corrected chi connectivity index (χ4v) is 3.96. The number of fused-ring (bicyclic) bond motifs is 1. The zero-order valence-electron chi connectivity index (χ0n) is 17.1. The molecule has 0 saturated carbocycles. The number of hydrazone groups is 1. The van der Waals surface area contributed by atoms with E-state index < -0.39 is 22.0 Å². The van der Waals surface area contributed by atoms with E-state index in [-0.39, 0.29) is 18.0 Å². The van der Waals surface area contributed by atoms with Gasteiger partial charge in [0, 0.05) is 0 Å². The predicted octanol–water partition coefficient (Wildman–Crippen LogP) is 2.44. The summed E-state index contributed by atoms with van der Waals surface area (Å²) in [5.41, 5.74) is 3.62. The average molecular weight is 455 g/mol. The molecule has 1 aliphatic rings. The second-order valence-electron chi connectivity index (χ2n) is 6.97. The summed E-state index contributed by atoms with van der Waals surface area (Å²) in [7, 11) is -3.69. The molecule has 0 aliphatic carbocycles. The van der Waals surface area contributed by atoms with Gasteiger partial charge in [0.25, 0.3) is 5.91 Å². The zero-order valence-corrected chi connectivity index (χ0v) is 18.0. The van der Waals surface area contributed by atoms with Crippen molar-refractivity contribution in [2.45, 2.75) is 24.5 Å². The van der Waals surface area contributed by atoms with E-state index in [4.69, 9.17) is 13.9 Å². The lowest BCUT2D eigenvalue weighted by Crippen LogP contribution is -2.42. The van der Waals surface area contributed by atoms with Crippen molar-refractivity contribution < 1.29 is 27.1 Å². The van der Waals surface area contributed by atoms with Crippen LogP contribution in [-0.4, -0.2) is 32.7 Å². The Morgan fingerprint density at radius 3 is 2.53 bits per heavy atom. The van der Waals surface area contributed by atoms with E-state index in [9.17, 15) is 13.2 Å². The number of benzene rings is 2. The Kier molecular flexibility index (Phi) is 6.24. The third-order valence-corrected chi connectivity index (χ3v) is 6.15. The van der Waals surface area contributed by atoms with E-state index in [2.05, 4.69) is 15.2 Å². The van der Waals surface area contributed by atoms with Crippen molar-refractivity contribution in [3.05, 3.63) is 78.3 Å². The lowest BCUT2D eigenvalue weighted by molar-refractivity contribution is -0.130. The van der Waals surface area contributed by atoms with Crippen LogP contribution in [0.25, 0.3) is 0 Å². The predicted molar refractivity (Wildman–Crippen MR) is 116 cm³/mol. The summed E-state index contributed by atoms with van der Waals surface area (Å²) >= 11 is 0. The number of carbonyl (C=O) groups excluding carboxylic acids is 1. The molecule has 0 bridgehead atoms. The molecule has 9 nitrogen and oxygen atoms in total. The highest BCUT2D eigenvalue weighted by molar-refractivity contribution is 7.89. The molecule has 2 aromatic carbocycles. The summed E-state index contributed by atoms with van der Waals surface area (Å²) in [6, 6.07) is 16.6. The summed E-state index contributed by atoms with van der Waals surface area (Å²) in [6.07, 6.45) is 0.653. The Morgan fingerprint density at radius 2 is 1.81 bits per heavy atom. The van der Waals surface area contributed by atoms with Gasteiger partial charge >= 0.3 is 0 Å². The average Bonchev–Trinajstić information content (AvgIpc) is 3.35. The molecule has 1 unspecified atom stereocenters. The van der Waals surface area contributed by atoms with Gasteiger partial charge in [-0.05, 0) is 48.9 Å². The summed E-state index contributed by atoms with van der Waals surface area (Å²) in [6.45, 7) is 1.84. The van der Waals surface area contributed by atoms with Crippen LogP contribution in [0.2, 0.25) is 0 Å². The number of hydrogen-bond acceptors (Lipinski definition) is 7. The fraction of sp³-hybridized carbons (Fsp3) is 0.182.